The van der Waals surface area contributed by atoms with Gasteiger partial charge in [0, 0.05) is 36.8 Å². The molecule has 1 fully saturated rings. The van der Waals surface area contributed by atoms with Gasteiger partial charge in [0.1, 0.15) is 6.07 Å². The van der Waals surface area contributed by atoms with Crippen LogP contribution in [0, 0.1) is 11.3 Å². The Hall–Kier alpha value is -3.01. The minimum absolute atomic E-state index is 0.104. The molecule has 2 heterocycles. The summed E-state index contributed by atoms with van der Waals surface area (Å²) in [4.78, 5) is 20.7. The summed E-state index contributed by atoms with van der Waals surface area (Å²) in [5.74, 6) is 0.647. The van der Waals surface area contributed by atoms with E-state index in [0.717, 1.165) is 0 Å². The summed E-state index contributed by atoms with van der Waals surface area (Å²) in [6, 6.07) is 16.2. The van der Waals surface area contributed by atoms with Gasteiger partial charge in [0.05, 0.1) is 10.6 Å². The molecule has 8 heteroatoms. The molecule has 1 aliphatic rings. The molecular formula is C21H16Cl2N4O2. The van der Waals surface area contributed by atoms with Crippen LogP contribution in [-0.2, 0) is 0 Å². The molecule has 1 saturated heterocycles. The van der Waals surface area contributed by atoms with E-state index >= 15 is 0 Å². The Bertz CT molecular complexity index is 1100. The van der Waals surface area contributed by atoms with Crippen LogP contribution in [0.4, 0.5) is 5.88 Å². The highest BCUT2D eigenvalue weighted by atomic mass is 35.5. The predicted octanol–water partition coefficient (Wildman–Crippen LogP) is 4.48. The van der Waals surface area contributed by atoms with Gasteiger partial charge in [-0.15, -0.1) is 0 Å². The average Bonchev–Trinajstić information content (AvgIpc) is 3.18. The summed E-state index contributed by atoms with van der Waals surface area (Å²) >= 11 is 12.2. The van der Waals surface area contributed by atoms with Crippen molar-refractivity contribution >= 4 is 35.0 Å². The number of anilines is 1. The summed E-state index contributed by atoms with van der Waals surface area (Å²) in [6.07, 6.45) is 0. The number of oxazole rings is 1. The molecule has 146 valence electrons. The number of halogens is 2. The first-order chi connectivity index (χ1) is 14.1. The third-order valence-corrected chi connectivity index (χ3v) is 5.31. The van der Waals surface area contributed by atoms with Crippen LogP contribution in [0.5, 0.6) is 0 Å². The molecule has 0 aliphatic carbocycles. The van der Waals surface area contributed by atoms with E-state index in [1.807, 2.05) is 11.0 Å². The van der Waals surface area contributed by atoms with Crippen molar-refractivity contribution < 1.29 is 9.21 Å². The lowest BCUT2D eigenvalue weighted by Gasteiger charge is -2.34. The van der Waals surface area contributed by atoms with Crippen LogP contribution in [0.15, 0.2) is 52.9 Å². The molecule has 1 aliphatic heterocycles. The number of carbonyl (C=O) groups is 1. The van der Waals surface area contributed by atoms with Crippen LogP contribution in [0.2, 0.25) is 10.0 Å². The fourth-order valence-corrected chi connectivity index (χ4v) is 3.67. The largest absolute Gasteiger partial charge is 0.419 e. The molecule has 0 radical (unpaired) electrons. The number of nitriles is 1. The molecule has 0 spiro atoms. The fraction of sp³-hybridized carbons (Fsp3) is 0.190. The number of nitrogens with zero attached hydrogens (tertiary/aromatic N) is 4. The van der Waals surface area contributed by atoms with Crippen molar-refractivity contribution in [1.82, 2.24) is 9.88 Å². The lowest BCUT2D eigenvalue weighted by atomic mass is 10.2. The van der Waals surface area contributed by atoms with Gasteiger partial charge in [0.25, 0.3) is 5.91 Å². The first-order valence-corrected chi connectivity index (χ1v) is 9.78. The van der Waals surface area contributed by atoms with Gasteiger partial charge in [-0.05, 0) is 30.3 Å². The minimum Gasteiger partial charge on any atom is -0.419 e. The zero-order chi connectivity index (χ0) is 20.4. The molecule has 1 aromatic heterocycles. The monoisotopic (exact) mass is 426 g/mol. The molecular weight excluding hydrogens is 411 g/mol. The zero-order valence-corrected chi connectivity index (χ0v) is 16.8. The summed E-state index contributed by atoms with van der Waals surface area (Å²) in [5, 5.41) is 10.5. The number of hydrogen-bond donors (Lipinski definition) is 0. The molecule has 1 amide bonds. The van der Waals surface area contributed by atoms with Gasteiger partial charge >= 0.3 is 0 Å². The molecule has 4 rings (SSSR count). The lowest BCUT2D eigenvalue weighted by molar-refractivity contribution is 0.0745. The summed E-state index contributed by atoms with van der Waals surface area (Å²) < 4.78 is 5.89. The Kier molecular flexibility index (Phi) is 5.43. The van der Waals surface area contributed by atoms with Crippen molar-refractivity contribution in [2.45, 2.75) is 0 Å². The fourth-order valence-electron chi connectivity index (χ4n) is 3.26. The van der Waals surface area contributed by atoms with Gasteiger partial charge in [0.15, 0.2) is 0 Å². The first kappa shape index (κ1) is 19.3. The molecule has 2 aromatic carbocycles. The van der Waals surface area contributed by atoms with Gasteiger partial charge in [-0.25, -0.2) is 0 Å². The Morgan fingerprint density at radius 2 is 1.83 bits per heavy atom. The van der Waals surface area contributed by atoms with Crippen LogP contribution in [0.25, 0.3) is 11.5 Å². The van der Waals surface area contributed by atoms with E-state index in [9.17, 15) is 10.1 Å². The molecule has 0 atom stereocenters. The first-order valence-electron chi connectivity index (χ1n) is 9.02. The molecule has 3 aromatic rings. The SMILES string of the molecule is N#Cc1nc(-c2cccc(Cl)c2)oc1N1CCN(C(=O)c2ccccc2Cl)CC1. The highest BCUT2D eigenvalue weighted by molar-refractivity contribution is 6.33. The molecule has 0 saturated carbocycles. The van der Waals surface area contributed by atoms with Crippen LogP contribution < -0.4 is 4.90 Å². The number of piperazine rings is 1. The molecule has 29 heavy (non-hydrogen) atoms. The molecule has 0 unspecified atom stereocenters. The molecule has 6 nitrogen and oxygen atoms in total. The number of benzene rings is 2. The van der Waals surface area contributed by atoms with E-state index in [1.165, 1.54) is 0 Å². The van der Waals surface area contributed by atoms with Crippen LogP contribution in [-0.4, -0.2) is 42.0 Å². The number of carbonyl (C=O) groups excluding carboxylic acids is 1. The second kappa shape index (κ2) is 8.16. The summed E-state index contributed by atoms with van der Waals surface area (Å²) in [6.45, 7) is 2.02. The maximum atomic E-state index is 12.7. The maximum absolute atomic E-state index is 12.7. The highest BCUT2D eigenvalue weighted by Crippen LogP contribution is 2.30. The number of rotatable bonds is 3. The zero-order valence-electron chi connectivity index (χ0n) is 15.3. The lowest BCUT2D eigenvalue weighted by Crippen LogP contribution is -2.49. The van der Waals surface area contributed by atoms with Crippen LogP contribution in [0.1, 0.15) is 16.1 Å². The van der Waals surface area contributed by atoms with Crippen molar-refractivity contribution in [2.24, 2.45) is 0 Å². The third-order valence-electron chi connectivity index (χ3n) is 4.75. The van der Waals surface area contributed by atoms with Crippen LogP contribution >= 0.6 is 23.2 Å². The van der Waals surface area contributed by atoms with Crippen molar-refractivity contribution in [2.75, 3.05) is 31.1 Å². The summed E-state index contributed by atoms with van der Waals surface area (Å²) in [5.41, 5.74) is 1.40. The average molecular weight is 427 g/mol. The molecule has 0 N–H and O–H groups in total. The Morgan fingerprint density at radius 1 is 1.07 bits per heavy atom. The van der Waals surface area contributed by atoms with E-state index < -0.39 is 0 Å². The smallest absolute Gasteiger partial charge is 0.255 e. The quantitative estimate of drug-likeness (QED) is 0.616. The van der Waals surface area contributed by atoms with E-state index in [2.05, 4.69) is 11.1 Å². The standard InChI is InChI=1S/C21H16Cl2N4O2/c22-15-5-3-4-14(12-15)19-25-18(13-24)21(29-19)27-10-8-26(9-11-27)20(28)16-6-1-2-7-17(16)23/h1-7,12H,8-11H2. The second-order valence-corrected chi connectivity index (χ2v) is 7.40. The van der Waals surface area contributed by atoms with Gasteiger partial charge in [-0.2, -0.15) is 10.2 Å². The van der Waals surface area contributed by atoms with Crippen molar-refractivity contribution in [3.63, 3.8) is 0 Å². The Balaban J connectivity index is 1.51. The van der Waals surface area contributed by atoms with Gasteiger partial charge in [-0.1, -0.05) is 41.4 Å². The normalized spacial score (nSPS) is 14.0. The minimum atomic E-state index is -0.104. The highest BCUT2D eigenvalue weighted by Gasteiger charge is 2.27. The van der Waals surface area contributed by atoms with Gasteiger partial charge in [-0.3, -0.25) is 4.79 Å². The maximum Gasteiger partial charge on any atom is 0.255 e. The Labute approximate surface area is 177 Å². The van der Waals surface area contributed by atoms with Gasteiger partial charge in [0.2, 0.25) is 17.5 Å². The Morgan fingerprint density at radius 3 is 2.52 bits per heavy atom. The van der Waals surface area contributed by atoms with E-state index in [0.29, 0.717) is 59.1 Å². The van der Waals surface area contributed by atoms with Crippen molar-refractivity contribution in [3.8, 4) is 17.5 Å². The topological polar surface area (TPSA) is 73.4 Å². The second-order valence-electron chi connectivity index (χ2n) is 6.55. The van der Waals surface area contributed by atoms with E-state index in [1.54, 1.807) is 47.4 Å². The molecule has 0 bridgehead atoms. The van der Waals surface area contributed by atoms with Crippen LogP contribution in [0.3, 0.4) is 0 Å². The van der Waals surface area contributed by atoms with Crippen molar-refractivity contribution in [3.05, 3.63) is 69.8 Å². The predicted molar refractivity (Wildman–Crippen MR) is 111 cm³/mol. The van der Waals surface area contributed by atoms with E-state index in [4.69, 9.17) is 27.6 Å². The number of aromatic nitrogens is 1. The number of hydrogen-bond acceptors (Lipinski definition) is 5. The van der Waals surface area contributed by atoms with E-state index in [-0.39, 0.29) is 11.6 Å². The summed E-state index contributed by atoms with van der Waals surface area (Å²) in [7, 11) is 0. The number of amides is 1. The third kappa shape index (κ3) is 3.93. The van der Waals surface area contributed by atoms with Crippen molar-refractivity contribution in [1.29, 1.82) is 5.26 Å². The van der Waals surface area contributed by atoms with Gasteiger partial charge < -0.3 is 14.2 Å².